The van der Waals surface area contributed by atoms with Gasteiger partial charge in [0.05, 0.1) is 5.94 Å². The summed E-state index contributed by atoms with van der Waals surface area (Å²) in [5.74, 6) is -1.19. The summed E-state index contributed by atoms with van der Waals surface area (Å²) >= 11 is 0. The number of nitrogens with zero attached hydrogens (tertiary/aromatic N) is 2. The van der Waals surface area contributed by atoms with Crippen molar-refractivity contribution < 1.29 is 19.6 Å². The number of hydrogen-bond donors (Lipinski definition) is 4. The third-order valence-electron chi connectivity index (χ3n) is 5.29. The SMILES string of the molecule is CC(C)(C)C=C(C#N)C(=O)N1CCCCC1CNC(=O)N[C@@H](Cc1ccccc1)B(O)O. The van der Waals surface area contributed by atoms with E-state index >= 15 is 0 Å². The van der Waals surface area contributed by atoms with Gasteiger partial charge in [-0.25, -0.2) is 4.79 Å². The number of nitriles is 1. The first-order chi connectivity index (χ1) is 15.1. The summed E-state index contributed by atoms with van der Waals surface area (Å²) in [7, 11) is -1.71. The van der Waals surface area contributed by atoms with E-state index in [1.54, 1.807) is 11.0 Å². The van der Waals surface area contributed by atoms with Crippen LogP contribution in [0.2, 0.25) is 0 Å². The molecule has 9 heteroatoms. The Kier molecular flexibility index (Phi) is 9.30. The third kappa shape index (κ3) is 8.02. The number of amides is 3. The number of carbonyl (C=O) groups is 2. The van der Waals surface area contributed by atoms with Crippen molar-refractivity contribution in [2.45, 2.75) is 58.4 Å². The van der Waals surface area contributed by atoms with Gasteiger partial charge in [-0.3, -0.25) is 4.79 Å². The summed E-state index contributed by atoms with van der Waals surface area (Å²) in [6.45, 7) is 6.53. The minimum absolute atomic E-state index is 0.111. The largest absolute Gasteiger partial charge is 0.475 e. The minimum Gasteiger partial charge on any atom is -0.426 e. The van der Waals surface area contributed by atoms with E-state index in [0.29, 0.717) is 6.54 Å². The van der Waals surface area contributed by atoms with E-state index in [-0.39, 0.29) is 35.9 Å². The van der Waals surface area contributed by atoms with Gasteiger partial charge in [0.25, 0.3) is 5.91 Å². The van der Waals surface area contributed by atoms with Gasteiger partial charge in [0.1, 0.15) is 11.6 Å². The van der Waals surface area contributed by atoms with Gasteiger partial charge in [-0.2, -0.15) is 5.26 Å². The lowest BCUT2D eigenvalue weighted by Crippen LogP contribution is -2.54. The lowest BCUT2D eigenvalue weighted by molar-refractivity contribution is -0.130. The zero-order chi connectivity index (χ0) is 23.7. The first-order valence-corrected chi connectivity index (χ1v) is 11.0. The summed E-state index contributed by atoms with van der Waals surface area (Å²) in [6.07, 6.45) is 4.44. The highest BCUT2D eigenvalue weighted by atomic mass is 16.4. The van der Waals surface area contributed by atoms with Crippen LogP contribution in [-0.2, 0) is 11.2 Å². The molecule has 0 saturated carbocycles. The molecule has 8 nitrogen and oxygen atoms in total. The standard InChI is InChI=1S/C23H33BN4O4/c1-23(2,3)14-18(15-25)21(29)28-12-8-7-11-19(28)16-26-22(30)27-20(24(31)32)13-17-9-5-4-6-10-17/h4-6,9-10,14,19-20,31-32H,7-8,11-13,16H2,1-3H3,(H2,26,27,30)/t19?,20-/m0/s1. The topological polar surface area (TPSA) is 126 Å². The number of allylic oxidation sites excluding steroid dienone is 1. The monoisotopic (exact) mass is 440 g/mol. The molecule has 0 bridgehead atoms. The van der Waals surface area contributed by atoms with Crippen LogP contribution in [0.5, 0.6) is 0 Å². The van der Waals surface area contributed by atoms with Crippen LogP contribution in [0.15, 0.2) is 42.0 Å². The van der Waals surface area contributed by atoms with Crippen LogP contribution in [0.4, 0.5) is 4.79 Å². The molecule has 1 aromatic carbocycles. The van der Waals surface area contributed by atoms with Crippen LogP contribution in [0.3, 0.4) is 0 Å². The molecule has 2 rings (SSSR count). The molecule has 0 aromatic heterocycles. The molecule has 2 atom stereocenters. The first-order valence-electron chi connectivity index (χ1n) is 11.0. The molecule has 3 amide bonds. The van der Waals surface area contributed by atoms with Crippen LogP contribution in [0.25, 0.3) is 0 Å². The van der Waals surface area contributed by atoms with Crippen molar-refractivity contribution in [3.8, 4) is 6.07 Å². The number of carbonyl (C=O) groups excluding carboxylic acids is 2. The van der Waals surface area contributed by atoms with Gasteiger partial charge in [-0.15, -0.1) is 0 Å². The molecular formula is C23H33BN4O4. The van der Waals surface area contributed by atoms with E-state index in [2.05, 4.69) is 10.6 Å². The zero-order valence-electron chi connectivity index (χ0n) is 19.0. The van der Waals surface area contributed by atoms with Crippen molar-refractivity contribution in [3.05, 3.63) is 47.5 Å². The molecule has 1 aliphatic heterocycles. The molecular weight excluding hydrogens is 407 g/mol. The number of benzene rings is 1. The fourth-order valence-electron chi connectivity index (χ4n) is 3.74. The van der Waals surface area contributed by atoms with E-state index in [4.69, 9.17) is 0 Å². The van der Waals surface area contributed by atoms with Crippen molar-refractivity contribution in [1.29, 1.82) is 5.26 Å². The number of likely N-dealkylation sites (tertiary alicyclic amines) is 1. The predicted molar refractivity (Wildman–Crippen MR) is 123 cm³/mol. The van der Waals surface area contributed by atoms with Gasteiger partial charge in [0, 0.05) is 19.1 Å². The predicted octanol–water partition coefficient (Wildman–Crippen LogP) is 1.79. The summed E-state index contributed by atoms with van der Waals surface area (Å²) in [4.78, 5) is 27.1. The van der Waals surface area contributed by atoms with E-state index < -0.39 is 19.1 Å². The number of rotatable bonds is 7. The summed E-state index contributed by atoms with van der Waals surface area (Å²) in [6, 6.07) is 10.5. The van der Waals surface area contributed by atoms with E-state index in [1.807, 2.05) is 57.2 Å². The average Bonchev–Trinajstić information content (AvgIpc) is 2.75. The van der Waals surface area contributed by atoms with E-state index in [9.17, 15) is 24.9 Å². The highest BCUT2D eigenvalue weighted by Gasteiger charge is 2.31. The Morgan fingerprint density at radius 2 is 1.97 bits per heavy atom. The Balaban J connectivity index is 1.99. The Bertz CT molecular complexity index is 846. The summed E-state index contributed by atoms with van der Waals surface area (Å²) < 4.78 is 0. The van der Waals surface area contributed by atoms with Crippen LogP contribution < -0.4 is 10.6 Å². The summed E-state index contributed by atoms with van der Waals surface area (Å²) in [5, 5.41) is 34.1. The molecule has 1 unspecified atom stereocenters. The number of hydrogen-bond acceptors (Lipinski definition) is 5. The molecule has 1 heterocycles. The van der Waals surface area contributed by atoms with Crippen LogP contribution in [0.1, 0.15) is 45.6 Å². The van der Waals surface area contributed by atoms with Gasteiger partial charge >= 0.3 is 13.1 Å². The third-order valence-corrected chi connectivity index (χ3v) is 5.29. The molecule has 4 N–H and O–H groups in total. The zero-order valence-corrected chi connectivity index (χ0v) is 19.0. The van der Waals surface area contributed by atoms with Crippen LogP contribution >= 0.6 is 0 Å². The molecule has 32 heavy (non-hydrogen) atoms. The molecule has 172 valence electrons. The van der Waals surface area contributed by atoms with Gasteiger partial charge in [-0.05, 0) is 36.7 Å². The maximum atomic E-state index is 13.0. The van der Waals surface area contributed by atoms with Gasteiger partial charge in [0.2, 0.25) is 0 Å². The van der Waals surface area contributed by atoms with Crippen LogP contribution in [0, 0.1) is 16.7 Å². The lowest BCUT2D eigenvalue weighted by atomic mass is 9.76. The average molecular weight is 440 g/mol. The fourth-order valence-corrected chi connectivity index (χ4v) is 3.74. The minimum atomic E-state index is -1.71. The van der Waals surface area contributed by atoms with E-state index in [1.165, 1.54) is 0 Å². The highest BCUT2D eigenvalue weighted by molar-refractivity contribution is 6.43. The molecule has 1 aromatic rings. The Hall–Kier alpha value is -2.83. The van der Waals surface area contributed by atoms with E-state index in [0.717, 1.165) is 24.8 Å². The molecule has 0 aliphatic carbocycles. The van der Waals surface area contributed by atoms with Gasteiger partial charge in [-0.1, -0.05) is 57.2 Å². The first kappa shape index (κ1) is 25.4. The van der Waals surface area contributed by atoms with Crippen molar-refractivity contribution in [3.63, 3.8) is 0 Å². The lowest BCUT2D eigenvalue weighted by Gasteiger charge is -2.36. The van der Waals surface area contributed by atoms with Crippen molar-refractivity contribution in [1.82, 2.24) is 15.5 Å². The second kappa shape index (κ2) is 11.7. The second-order valence-corrected chi connectivity index (χ2v) is 9.25. The molecule has 0 radical (unpaired) electrons. The van der Waals surface area contributed by atoms with Crippen molar-refractivity contribution in [2.24, 2.45) is 5.41 Å². The maximum Gasteiger partial charge on any atom is 0.475 e. The Morgan fingerprint density at radius 1 is 1.28 bits per heavy atom. The highest BCUT2D eigenvalue weighted by Crippen LogP contribution is 2.22. The summed E-state index contributed by atoms with van der Waals surface area (Å²) in [5.41, 5.74) is 0.674. The molecule has 1 aliphatic rings. The van der Waals surface area contributed by atoms with Crippen molar-refractivity contribution >= 4 is 19.1 Å². The number of urea groups is 1. The fraction of sp³-hybridized carbons (Fsp3) is 0.522. The van der Waals surface area contributed by atoms with Crippen molar-refractivity contribution in [2.75, 3.05) is 13.1 Å². The smallest absolute Gasteiger partial charge is 0.426 e. The number of piperidine rings is 1. The normalized spacial score (nSPS) is 17.8. The molecule has 1 saturated heterocycles. The maximum absolute atomic E-state index is 13.0. The van der Waals surface area contributed by atoms with Crippen LogP contribution in [-0.4, -0.2) is 59.1 Å². The number of nitrogens with one attached hydrogen (secondary N) is 2. The van der Waals surface area contributed by atoms with Gasteiger partial charge in [0.15, 0.2) is 0 Å². The Labute approximate surface area is 190 Å². The van der Waals surface area contributed by atoms with Gasteiger partial charge < -0.3 is 25.6 Å². The molecule has 0 spiro atoms. The quantitative estimate of drug-likeness (QED) is 0.292. The Morgan fingerprint density at radius 3 is 2.56 bits per heavy atom. The molecule has 1 fully saturated rings. The second-order valence-electron chi connectivity index (χ2n) is 9.25.